The van der Waals surface area contributed by atoms with Crippen LogP contribution >= 0.6 is 11.3 Å². The molecule has 0 saturated heterocycles. The van der Waals surface area contributed by atoms with Crippen molar-refractivity contribution in [3.05, 3.63) is 206 Å². The standard InChI is InChI=1S/C47H34N4S/c1-7-19-35(20-8-1)49(36-21-9-2-10-22-36)41-31-32-42-44(33-41)52-46-45(42)43(50(37-23-11-3-12-24-37)38-25-13-4-14-26-38)34-48-47(46)51(39-27-15-5-16-28-39)40-29-17-6-18-30-40/h1-34H. The summed E-state index contributed by atoms with van der Waals surface area (Å²) in [6.45, 7) is 0. The van der Waals surface area contributed by atoms with Crippen LogP contribution in [0.15, 0.2) is 206 Å². The quantitative estimate of drug-likeness (QED) is 0.151. The number of para-hydroxylation sites is 6. The molecule has 0 atom stereocenters. The third-order valence-corrected chi connectivity index (χ3v) is 10.4. The Hall–Kier alpha value is -6.69. The van der Waals surface area contributed by atoms with Crippen molar-refractivity contribution in [3.8, 4) is 0 Å². The number of thiophene rings is 1. The lowest BCUT2D eigenvalue weighted by molar-refractivity contribution is 1.19. The average molecular weight is 687 g/mol. The summed E-state index contributed by atoms with van der Waals surface area (Å²) < 4.78 is 2.29. The van der Waals surface area contributed by atoms with Gasteiger partial charge in [0.25, 0.3) is 0 Å². The van der Waals surface area contributed by atoms with Crippen LogP contribution in [0.5, 0.6) is 0 Å². The minimum atomic E-state index is 0.892. The van der Waals surface area contributed by atoms with Gasteiger partial charge in [0.2, 0.25) is 0 Å². The van der Waals surface area contributed by atoms with Crippen LogP contribution in [-0.2, 0) is 0 Å². The number of pyridine rings is 1. The van der Waals surface area contributed by atoms with Gasteiger partial charge in [-0.2, -0.15) is 0 Å². The SMILES string of the molecule is c1ccc(N(c2ccccc2)c2ccc3c(c2)sc2c(N(c4ccccc4)c4ccccc4)ncc(N(c4ccccc4)c4ccccc4)c23)cc1. The summed E-state index contributed by atoms with van der Waals surface area (Å²) in [5, 5.41) is 2.34. The first-order valence-electron chi connectivity index (χ1n) is 17.4. The van der Waals surface area contributed by atoms with Crippen LogP contribution in [0.4, 0.5) is 51.3 Å². The Kier molecular flexibility index (Phi) is 8.37. The Labute approximate surface area is 307 Å². The molecule has 0 fully saturated rings. The summed E-state index contributed by atoms with van der Waals surface area (Å²) >= 11 is 1.79. The molecule has 9 rings (SSSR count). The highest BCUT2D eigenvalue weighted by molar-refractivity contribution is 7.26. The molecule has 0 aliphatic rings. The van der Waals surface area contributed by atoms with Gasteiger partial charge < -0.3 is 9.80 Å². The van der Waals surface area contributed by atoms with Gasteiger partial charge in [-0.3, -0.25) is 4.90 Å². The number of fused-ring (bicyclic) bond motifs is 3. The van der Waals surface area contributed by atoms with Crippen LogP contribution in [0.2, 0.25) is 0 Å². The Morgan fingerprint density at radius 3 is 1.17 bits per heavy atom. The second kappa shape index (κ2) is 13.9. The molecule has 0 amide bonds. The fourth-order valence-electron chi connectivity index (χ4n) is 6.94. The van der Waals surface area contributed by atoms with Crippen LogP contribution < -0.4 is 14.7 Å². The summed E-state index contributed by atoms with van der Waals surface area (Å²) in [4.78, 5) is 12.3. The predicted molar refractivity (Wildman–Crippen MR) is 221 cm³/mol. The monoisotopic (exact) mass is 686 g/mol. The highest BCUT2D eigenvalue weighted by atomic mass is 32.1. The number of benzene rings is 7. The molecule has 2 aromatic heterocycles. The zero-order chi connectivity index (χ0) is 34.7. The fourth-order valence-corrected chi connectivity index (χ4v) is 8.17. The molecule has 7 aromatic carbocycles. The number of rotatable bonds is 9. The van der Waals surface area contributed by atoms with Crippen molar-refractivity contribution < 1.29 is 0 Å². The Bertz CT molecular complexity index is 2440. The topological polar surface area (TPSA) is 22.6 Å². The van der Waals surface area contributed by atoms with E-state index in [9.17, 15) is 0 Å². The van der Waals surface area contributed by atoms with Gasteiger partial charge in [-0.05, 0) is 84.9 Å². The second-order valence-corrected chi connectivity index (χ2v) is 13.5. The molecule has 0 aliphatic heterocycles. The van der Waals surface area contributed by atoms with Crippen molar-refractivity contribution in [1.82, 2.24) is 4.98 Å². The van der Waals surface area contributed by atoms with Crippen LogP contribution in [0.25, 0.3) is 20.2 Å². The maximum atomic E-state index is 5.36. The van der Waals surface area contributed by atoms with E-state index in [0.29, 0.717) is 0 Å². The number of hydrogen-bond donors (Lipinski definition) is 0. The first kappa shape index (κ1) is 31.3. The van der Waals surface area contributed by atoms with E-state index < -0.39 is 0 Å². The van der Waals surface area contributed by atoms with Crippen molar-refractivity contribution in [2.75, 3.05) is 14.7 Å². The average Bonchev–Trinajstić information content (AvgIpc) is 3.61. The minimum Gasteiger partial charge on any atom is -0.310 e. The van der Waals surface area contributed by atoms with Crippen LogP contribution in [0.3, 0.4) is 0 Å². The molecule has 2 heterocycles. The van der Waals surface area contributed by atoms with E-state index >= 15 is 0 Å². The largest absolute Gasteiger partial charge is 0.310 e. The lowest BCUT2D eigenvalue weighted by Crippen LogP contribution is -2.14. The Balaban J connectivity index is 1.34. The molecule has 0 radical (unpaired) electrons. The predicted octanol–water partition coefficient (Wildman–Crippen LogP) is 13.9. The third-order valence-electron chi connectivity index (χ3n) is 9.24. The summed E-state index contributed by atoms with van der Waals surface area (Å²) in [5.74, 6) is 0.892. The zero-order valence-electron chi connectivity index (χ0n) is 28.3. The maximum Gasteiger partial charge on any atom is 0.155 e. The van der Waals surface area contributed by atoms with Gasteiger partial charge in [0.1, 0.15) is 0 Å². The Morgan fingerprint density at radius 2 is 0.750 bits per heavy atom. The van der Waals surface area contributed by atoms with Gasteiger partial charge in [0.15, 0.2) is 5.82 Å². The molecule has 0 bridgehead atoms. The van der Waals surface area contributed by atoms with Gasteiger partial charge >= 0.3 is 0 Å². The molecule has 4 nitrogen and oxygen atoms in total. The van der Waals surface area contributed by atoms with Crippen LogP contribution in [0, 0.1) is 0 Å². The van der Waals surface area contributed by atoms with E-state index in [1.807, 2.05) is 0 Å². The number of anilines is 9. The van der Waals surface area contributed by atoms with Gasteiger partial charge in [-0.25, -0.2) is 4.98 Å². The molecule has 0 aliphatic carbocycles. The molecule has 52 heavy (non-hydrogen) atoms. The first-order valence-corrected chi connectivity index (χ1v) is 18.2. The highest BCUT2D eigenvalue weighted by Gasteiger charge is 2.25. The number of nitrogens with zero attached hydrogens (tertiary/aromatic N) is 4. The summed E-state index contributed by atoms with van der Waals surface area (Å²) in [6, 6.07) is 70.3. The van der Waals surface area contributed by atoms with Crippen LogP contribution in [0.1, 0.15) is 0 Å². The van der Waals surface area contributed by atoms with E-state index in [-0.39, 0.29) is 0 Å². The molecule has 9 aromatic rings. The fraction of sp³-hybridized carbons (Fsp3) is 0. The van der Waals surface area contributed by atoms with E-state index in [2.05, 4.69) is 221 Å². The summed E-state index contributed by atoms with van der Waals surface area (Å²) in [5.41, 5.74) is 8.58. The van der Waals surface area contributed by atoms with E-state index in [1.165, 1.54) is 10.1 Å². The molecule has 248 valence electrons. The molecule has 0 N–H and O–H groups in total. The van der Waals surface area contributed by atoms with Crippen molar-refractivity contribution in [2.45, 2.75) is 0 Å². The smallest absolute Gasteiger partial charge is 0.155 e. The Morgan fingerprint density at radius 1 is 0.365 bits per heavy atom. The van der Waals surface area contributed by atoms with Crippen molar-refractivity contribution >= 4 is 82.8 Å². The van der Waals surface area contributed by atoms with Gasteiger partial charge in [-0.1, -0.05) is 115 Å². The molecule has 0 spiro atoms. The maximum absolute atomic E-state index is 5.36. The molecule has 0 saturated carbocycles. The van der Waals surface area contributed by atoms with Gasteiger partial charge in [0, 0.05) is 55.3 Å². The second-order valence-electron chi connectivity index (χ2n) is 12.5. The van der Waals surface area contributed by atoms with Gasteiger partial charge in [-0.15, -0.1) is 11.3 Å². The van der Waals surface area contributed by atoms with E-state index in [1.54, 1.807) is 11.3 Å². The van der Waals surface area contributed by atoms with E-state index in [4.69, 9.17) is 4.98 Å². The normalized spacial score (nSPS) is 11.1. The molecular formula is C47H34N4S. The van der Waals surface area contributed by atoms with Crippen molar-refractivity contribution in [1.29, 1.82) is 0 Å². The zero-order valence-corrected chi connectivity index (χ0v) is 29.1. The lowest BCUT2D eigenvalue weighted by atomic mass is 10.1. The number of aromatic nitrogens is 1. The first-order chi connectivity index (χ1) is 25.8. The van der Waals surface area contributed by atoms with Gasteiger partial charge in [0.05, 0.1) is 16.6 Å². The third kappa shape index (κ3) is 5.83. The molecular weight excluding hydrogens is 653 g/mol. The minimum absolute atomic E-state index is 0.892. The molecule has 0 unspecified atom stereocenters. The summed E-state index contributed by atoms with van der Waals surface area (Å²) in [6.07, 6.45) is 2.05. The van der Waals surface area contributed by atoms with E-state index in [0.717, 1.165) is 61.4 Å². The lowest BCUT2D eigenvalue weighted by Gasteiger charge is -2.28. The highest BCUT2D eigenvalue weighted by Crippen LogP contribution is 2.50. The summed E-state index contributed by atoms with van der Waals surface area (Å²) in [7, 11) is 0. The van der Waals surface area contributed by atoms with Crippen LogP contribution in [-0.4, -0.2) is 4.98 Å². The molecule has 5 heteroatoms. The van der Waals surface area contributed by atoms with Crippen molar-refractivity contribution in [3.63, 3.8) is 0 Å². The number of hydrogen-bond acceptors (Lipinski definition) is 5. The van der Waals surface area contributed by atoms with Crippen molar-refractivity contribution in [2.24, 2.45) is 0 Å².